The van der Waals surface area contributed by atoms with Crippen LogP contribution in [0.25, 0.3) is 11.1 Å². The number of pyridine rings is 1. The summed E-state index contributed by atoms with van der Waals surface area (Å²) in [6.07, 6.45) is 1.81. The van der Waals surface area contributed by atoms with Crippen LogP contribution in [-0.2, 0) is 0 Å². The minimum atomic E-state index is 0.711. The second-order valence-electron chi connectivity index (χ2n) is 3.41. The van der Waals surface area contributed by atoms with Gasteiger partial charge in [-0.25, -0.2) is 0 Å². The van der Waals surface area contributed by atoms with Crippen LogP contribution in [0.5, 0.6) is 0 Å². The summed E-state index contributed by atoms with van der Waals surface area (Å²) in [7, 11) is 0. The second-order valence-corrected chi connectivity index (χ2v) is 3.84. The molecule has 0 atom stereocenters. The van der Waals surface area contributed by atoms with Crippen LogP contribution < -0.4 is 5.73 Å². The van der Waals surface area contributed by atoms with Crippen molar-refractivity contribution >= 4 is 17.3 Å². The quantitative estimate of drug-likeness (QED) is 0.798. The lowest BCUT2D eigenvalue weighted by Gasteiger charge is -2.04. The van der Waals surface area contributed by atoms with Crippen LogP contribution in [-0.4, -0.2) is 4.98 Å². The molecule has 2 aromatic rings. The van der Waals surface area contributed by atoms with Gasteiger partial charge in [0, 0.05) is 16.8 Å². The van der Waals surface area contributed by atoms with E-state index in [4.69, 9.17) is 17.3 Å². The molecule has 0 bridgehead atoms. The molecular formula is C12H11ClN2. The fraction of sp³-hybridized carbons (Fsp3) is 0.0833. The Morgan fingerprint density at radius 1 is 1.13 bits per heavy atom. The average molecular weight is 219 g/mol. The molecule has 0 fully saturated rings. The van der Waals surface area contributed by atoms with Gasteiger partial charge in [-0.1, -0.05) is 23.7 Å². The minimum absolute atomic E-state index is 0.711. The van der Waals surface area contributed by atoms with Gasteiger partial charge in [0.25, 0.3) is 0 Å². The highest BCUT2D eigenvalue weighted by Gasteiger charge is 2.00. The topological polar surface area (TPSA) is 38.9 Å². The highest BCUT2D eigenvalue weighted by Crippen LogP contribution is 2.23. The molecule has 2 N–H and O–H groups in total. The van der Waals surface area contributed by atoms with Gasteiger partial charge in [-0.05, 0) is 30.7 Å². The van der Waals surface area contributed by atoms with Crippen LogP contribution >= 0.6 is 11.6 Å². The normalized spacial score (nSPS) is 10.3. The summed E-state index contributed by atoms with van der Waals surface area (Å²) < 4.78 is 0. The molecule has 0 spiro atoms. The predicted molar refractivity (Wildman–Crippen MR) is 63.8 cm³/mol. The molecule has 15 heavy (non-hydrogen) atoms. The first-order valence-electron chi connectivity index (χ1n) is 4.65. The van der Waals surface area contributed by atoms with Crippen molar-refractivity contribution in [1.29, 1.82) is 0 Å². The summed E-state index contributed by atoms with van der Waals surface area (Å²) in [6.45, 7) is 1.89. The summed E-state index contributed by atoms with van der Waals surface area (Å²) in [4.78, 5) is 4.22. The molecule has 1 heterocycles. The van der Waals surface area contributed by atoms with E-state index in [9.17, 15) is 0 Å². The molecule has 0 unspecified atom stereocenters. The van der Waals surface area contributed by atoms with Crippen molar-refractivity contribution < 1.29 is 0 Å². The number of nitrogens with two attached hydrogens (primary N) is 1. The highest BCUT2D eigenvalue weighted by atomic mass is 35.5. The fourth-order valence-electron chi connectivity index (χ4n) is 1.35. The number of benzene rings is 1. The second kappa shape index (κ2) is 3.91. The predicted octanol–water partition coefficient (Wildman–Crippen LogP) is 3.29. The fourth-order valence-corrected chi connectivity index (χ4v) is 1.48. The van der Waals surface area contributed by atoms with Gasteiger partial charge >= 0.3 is 0 Å². The summed E-state index contributed by atoms with van der Waals surface area (Å²) >= 11 is 5.82. The van der Waals surface area contributed by atoms with Gasteiger partial charge in [-0.15, -0.1) is 0 Å². The van der Waals surface area contributed by atoms with Crippen molar-refractivity contribution in [3.05, 3.63) is 47.2 Å². The maximum absolute atomic E-state index is 5.82. The first-order valence-corrected chi connectivity index (χ1v) is 5.02. The van der Waals surface area contributed by atoms with Crippen LogP contribution in [0.15, 0.2) is 36.5 Å². The van der Waals surface area contributed by atoms with Gasteiger partial charge in [-0.2, -0.15) is 0 Å². The summed E-state index contributed by atoms with van der Waals surface area (Å²) in [5.74, 6) is 0. The van der Waals surface area contributed by atoms with Crippen molar-refractivity contribution in [2.75, 3.05) is 5.73 Å². The van der Waals surface area contributed by atoms with Gasteiger partial charge in [0.15, 0.2) is 0 Å². The number of nitrogens with zero attached hydrogens (tertiary/aromatic N) is 1. The third kappa shape index (κ3) is 2.10. The van der Waals surface area contributed by atoms with E-state index >= 15 is 0 Å². The van der Waals surface area contributed by atoms with E-state index in [2.05, 4.69) is 4.98 Å². The van der Waals surface area contributed by atoms with Crippen molar-refractivity contribution in [2.45, 2.75) is 6.92 Å². The summed E-state index contributed by atoms with van der Waals surface area (Å²) in [5.41, 5.74) is 9.44. The molecule has 0 radical (unpaired) electrons. The SMILES string of the molecule is Cc1ncc(-c2ccc(Cl)cc2)cc1N. The monoisotopic (exact) mass is 218 g/mol. The third-order valence-corrected chi connectivity index (χ3v) is 2.56. The number of rotatable bonds is 1. The van der Waals surface area contributed by atoms with E-state index in [1.54, 1.807) is 0 Å². The largest absolute Gasteiger partial charge is 0.397 e. The Kier molecular flexibility index (Phi) is 2.60. The first-order chi connectivity index (χ1) is 7.16. The van der Waals surface area contributed by atoms with Crippen LogP contribution in [0.1, 0.15) is 5.69 Å². The van der Waals surface area contributed by atoms with E-state index in [0.29, 0.717) is 5.69 Å². The molecule has 2 rings (SSSR count). The smallest absolute Gasteiger partial charge is 0.0602 e. The Bertz CT molecular complexity index is 477. The van der Waals surface area contributed by atoms with E-state index in [0.717, 1.165) is 21.8 Å². The van der Waals surface area contributed by atoms with Gasteiger partial charge in [-0.3, -0.25) is 4.98 Å². The Morgan fingerprint density at radius 3 is 2.40 bits per heavy atom. The zero-order valence-electron chi connectivity index (χ0n) is 8.37. The van der Waals surface area contributed by atoms with Crippen molar-refractivity contribution in [1.82, 2.24) is 4.98 Å². The van der Waals surface area contributed by atoms with E-state index in [1.807, 2.05) is 43.5 Å². The highest BCUT2D eigenvalue weighted by molar-refractivity contribution is 6.30. The molecule has 2 nitrogen and oxygen atoms in total. The Morgan fingerprint density at radius 2 is 1.80 bits per heavy atom. The zero-order chi connectivity index (χ0) is 10.8. The van der Waals surface area contributed by atoms with Crippen molar-refractivity contribution in [2.24, 2.45) is 0 Å². The van der Waals surface area contributed by atoms with Gasteiger partial charge in [0.2, 0.25) is 0 Å². The average Bonchev–Trinajstić information content (AvgIpc) is 2.23. The number of aromatic nitrogens is 1. The summed E-state index contributed by atoms with van der Waals surface area (Å²) in [6, 6.07) is 9.54. The molecule has 3 heteroatoms. The molecule has 76 valence electrons. The zero-order valence-corrected chi connectivity index (χ0v) is 9.12. The lowest BCUT2D eigenvalue weighted by atomic mass is 10.1. The lowest BCUT2D eigenvalue weighted by molar-refractivity contribution is 1.21. The molecule has 0 aliphatic carbocycles. The molecule has 0 aliphatic rings. The number of hydrogen-bond acceptors (Lipinski definition) is 2. The molecule has 0 saturated carbocycles. The van der Waals surface area contributed by atoms with Crippen LogP contribution in [0.2, 0.25) is 5.02 Å². The number of anilines is 1. The molecule has 0 amide bonds. The Labute approximate surface area is 93.7 Å². The third-order valence-electron chi connectivity index (χ3n) is 2.30. The maximum Gasteiger partial charge on any atom is 0.0602 e. The Hall–Kier alpha value is -1.54. The number of halogens is 1. The van der Waals surface area contributed by atoms with Crippen LogP contribution in [0, 0.1) is 6.92 Å². The molecule has 0 saturated heterocycles. The number of nitrogen functional groups attached to an aromatic ring is 1. The first kappa shape index (κ1) is 9.99. The molecule has 1 aromatic carbocycles. The lowest BCUT2D eigenvalue weighted by Crippen LogP contribution is -1.93. The Balaban J connectivity index is 2.45. The van der Waals surface area contributed by atoms with Crippen molar-refractivity contribution in [3.63, 3.8) is 0 Å². The van der Waals surface area contributed by atoms with E-state index in [1.165, 1.54) is 0 Å². The standard InChI is InChI=1S/C12H11ClN2/c1-8-12(14)6-10(7-15-8)9-2-4-11(13)5-3-9/h2-7H,14H2,1H3. The van der Waals surface area contributed by atoms with E-state index < -0.39 is 0 Å². The molecule has 0 aliphatic heterocycles. The van der Waals surface area contributed by atoms with E-state index in [-0.39, 0.29) is 0 Å². The van der Waals surface area contributed by atoms with Gasteiger partial charge in [0.05, 0.1) is 11.4 Å². The molecule has 1 aromatic heterocycles. The van der Waals surface area contributed by atoms with Gasteiger partial charge < -0.3 is 5.73 Å². The van der Waals surface area contributed by atoms with Gasteiger partial charge in [0.1, 0.15) is 0 Å². The van der Waals surface area contributed by atoms with Crippen LogP contribution in [0.3, 0.4) is 0 Å². The summed E-state index contributed by atoms with van der Waals surface area (Å²) in [5, 5.41) is 0.729. The number of aryl methyl sites for hydroxylation is 1. The van der Waals surface area contributed by atoms with Crippen molar-refractivity contribution in [3.8, 4) is 11.1 Å². The number of hydrogen-bond donors (Lipinski definition) is 1. The van der Waals surface area contributed by atoms with Crippen LogP contribution in [0.4, 0.5) is 5.69 Å². The maximum atomic E-state index is 5.82. The minimum Gasteiger partial charge on any atom is -0.397 e. The molecular weight excluding hydrogens is 208 g/mol.